The summed E-state index contributed by atoms with van der Waals surface area (Å²) in [6.07, 6.45) is 14.4. The summed E-state index contributed by atoms with van der Waals surface area (Å²) >= 11 is 0. The van der Waals surface area contributed by atoms with Crippen molar-refractivity contribution in [3.05, 3.63) is 0 Å². The van der Waals surface area contributed by atoms with Gasteiger partial charge in [-0.1, -0.05) is 86.0 Å². The zero-order valence-electron chi connectivity index (χ0n) is 18.4. The molecule has 1 heterocycles. The smallest absolute Gasteiger partial charge is 0.0466 e. The molecular formula is C22H50O3. The highest BCUT2D eigenvalue weighted by Crippen LogP contribution is 2.15. The average Bonchev–Trinajstić information content (AvgIpc) is 3.26. The van der Waals surface area contributed by atoms with Crippen molar-refractivity contribution in [3.8, 4) is 0 Å². The zero-order chi connectivity index (χ0) is 19.8. The molecule has 1 unspecified atom stereocenters. The Labute approximate surface area is 159 Å². The molecule has 1 rings (SSSR count). The van der Waals surface area contributed by atoms with Crippen molar-refractivity contribution in [2.24, 2.45) is 11.8 Å². The number of aliphatic hydroxyl groups is 2. The van der Waals surface area contributed by atoms with E-state index in [1.807, 2.05) is 0 Å². The Balaban J connectivity index is -0.000000285. The first-order valence-electron chi connectivity index (χ1n) is 10.8. The van der Waals surface area contributed by atoms with Crippen molar-refractivity contribution < 1.29 is 14.9 Å². The maximum Gasteiger partial charge on any atom is 0.0466 e. The molecule has 0 aromatic carbocycles. The molecule has 0 aromatic heterocycles. The normalized spacial score (nSPS) is 13.8. The van der Waals surface area contributed by atoms with Gasteiger partial charge in [0.2, 0.25) is 0 Å². The van der Waals surface area contributed by atoms with Gasteiger partial charge in [-0.25, -0.2) is 0 Å². The number of ether oxygens (including phenoxy) is 1. The summed E-state index contributed by atoms with van der Waals surface area (Å²) in [6, 6.07) is 0. The van der Waals surface area contributed by atoms with Crippen LogP contribution in [0.5, 0.6) is 0 Å². The van der Waals surface area contributed by atoms with Crippen LogP contribution in [-0.2, 0) is 4.74 Å². The molecule has 0 bridgehead atoms. The third-order valence-electron chi connectivity index (χ3n) is 4.75. The molecule has 1 saturated heterocycles. The van der Waals surface area contributed by atoms with Crippen LogP contribution in [-0.4, -0.2) is 37.1 Å². The summed E-state index contributed by atoms with van der Waals surface area (Å²) in [5, 5.41) is 15.8. The summed E-state index contributed by atoms with van der Waals surface area (Å²) < 4.78 is 4.94. The van der Waals surface area contributed by atoms with Crippen molar-refractivity contribution in [2.45, 2.75) is 105 Å². The van der Waals surface area contributed by atoms with Gasteiger partial charge in [0, 0.05) is 26.9 Å². The molecule has 0 aromatic rings. The molecule has 3 nitrogen and oxygen atoms in total. The van der Waals surface area contributed by atoms with Crippen molar-refractivity contribution in [3.63, 3.8) is 0 Å². The lowest BCUT2D eigenvalue weighted by Crippen LogP contribution is -2.03. The Bertz CT molecular complexity index is 162. The standard InChI is InChI=1S/C9H20.C8H18O.C4H8O.CH4O/c1-4-7-8-9(5-2)6-3;1-3-5-6-8(4-2)7-9;1-2-4-5-3-1;1-2/h9H,4-8H2,1-3H3;8-9H,3-7H2,1-2H3;1-4H2;2H,1H3. The minimum absolute atomic E-state index is 0.372. The highest BCUT2D eigenvalue weighted by molar-refractivity contribution is 4.54. The summed E-state index contributed by atoms with van der Waals surface area (Å²) in [7, 11) is 1.00. The number of hydrogen-bond acceptors (Lipinski definition) is 3. The van der Waals surface area contributed by atoms with E-state index < -0.39 is 0 Å². The lowest BCUT2D eigenvalue weighted by molar-refractivity contribution is 0.198. The summed E-state index contributed by atoms with van der Waals surface area (Å²) in [6.45, 7) is 13.5. The fourth-order valence-corrected chi connectivity index (χ4v) is 2.62. The van der Waals surface area contributed by atoms with Gasteiger partial charge in [0.05, 0.1) is 0 Å². The van der Waals surface area contributed by atoms with Crippen LogP contribution in [0.3, 0.4) is 0 Å². The Kier molecular flexibility index (Phi) is 34.0. The van der Waals surface area contributed by atoms with Crippen LogP contribution >= 0.6 is 0 Å². The summed E-state index contributed by atoms with van der Waals surface area (Å²) in [5.74, 6) is 1.56. The largest absolute Gasteiger partial charge is 0.400 e. The van der Waals surface area contributed by atoms with E-state index in [1.54, 1.807) is 0 Å². The van der Waals surface area contributed by atoms with Crippen molar-refractivity contribution in [2.75, 3.05) is 26.9 Å². The van der Waals surface area contributed by atoms with Crippen LogP contribution in [0, 0.1) is 11.8 Å². The van der Waals surface area contributed by atoms with E-state index in [-0.39, 0.29) is 0 Å². The van der Waals surface area contributed by atoms with E-state index in [2.05, 4.69) is 34.6 Å². The van der Waals surface area contributed by atoms with Crippen LogP contribution in [0.1, 0.15) is 105 Å². The monoisotopic (exact) mass is 362 g/mol. The molecule has 3 heteroatoms. The van der Waals surface area contributed by atoms with Crippen LogP contribution in [0.25, 0.3) is 0 Å². The molecule has 0 amide bonds. The summed E-state index contributed by atoms with van der Waals surface area (Å²) in [4.78, 5) is 0. The maximum atomic E-state index is 8.75. The molecular weight excluding hydrogens is 312 g/mol. The Morgan fingerprint density at radius 1 is 0.720 bits per heavy atom. The van der Waals surface area contributed by atoms with Crippen molar-refractivity contribution in [1.82, 2.24) is 0 Å². The van der Waals surface area contributed by atoms with Crippen molar-refractivity contribution in [1.29, 1.82) is 0 Å². The summed E-state index contributed by atoms with van der Waals surface area (Å²) in [5.41, 5.74) is 0. The van der Waals surface area contributed by atoms with E-state index in [1.165, 1.54) is 64.2 Å². The third-order valence-corrected chi connectivity index (χ3v) is 4.75. The Morgan fingerprint density at radius 3 is 1.36 bits per heavy atom. The second-order valence-corrected chi connectivity index (χ2v) is 6.74. The van der Waals surface area contributed by atoms with Gasteiger partial charge >= 0.3 is 0 Å². The number of unbranched alkanes of at least 4 members (excludes halogenated alkanes) is 2. The molecule has 2 N–H and O–H groups in total. The predicted molar refractivity (Wildman–Crippen MR) is 112 cm³/mol. The van der Waals surface area contributed by atoms with Gasteiger partial charge in [-0.15, -0.1) is 0 Å². The molecule has 1 atom stereocenters. The van der Waals surface area contributed by atoms with E-state index in [9.17, 15) is 0 Å². The first-order valence-corrected chi connectivity index (χ1v) is 10.8. The van der Waals surface area contributed by atoms with Gasteiger partial charge in [-0.05, 0) is 31.1 Å². The van der Waals surface area contributed by atoms with E-state index in [0.717, 1.165) is 32.7 Å². The third kappa shape index (κ3) is 26.2. The van der Waals surface area contributed by atoms with Crippen molar-refractivity contribution >= 4 is 0 Å². The number of rotatable bonds is 10. The molecule has 1 aliphatic heterocycles. The molecule has 1 fully saturated rings. The Hall–Kier alpha value is -0.120. The minimum atomic E-state index is 0.372. The second-order valence-electron chi connectivity index (χ2n) is 6.74. The van der Waals surface area contributed by atoms with Crippen LogP contribution in [0.4, 0.5) is 0 Å². The lowest BCUT2D eigenvalue weighted by atomic mass is 9.97. The predicted octanol–water partition coefficient (Wildman–Crippen LogP) is 6.21. The van der Waals surface area contributed by atoms with E-state index in [0.29, 0.717) is 12.5 Å². The van der Waals surface area contributed by atoms with Gasteiger partial charge in [0.15, 0.2) is 0 Å². The van der Waals surface area contributed by atoms with Gasteiger partial charge in [0.1, 0.15) is 0 Å². The molecule has 25 heavy (non-hydrogen) atoms. The average molecular weight is 363 g/mol. The fourth-order valence-electron chi connectivity index (χ4n) is 2.62. The molecule has 0 radical (unpaired) electrons. The van der Waals surface area contributed by atoms with Gasteiger partial charge in [0.25, 0.3) is 0 Å². The quantitative estimate of drug-likeness (QED) is 0.485. The van der Waals surface area contributed by atoms with Crippen LogP contribution in [0.2, 0.25) is 0 Å². The highest BCUT2D eigenvalue weighted by Gasteiger charge is 2.01. The maximum absolute atomic E-state index is 8.75. The second kappa shape index (κ2) is 28.7. The molecule has 1 aliphatic rings. The van der Waals surface area contributed by atoms with Gasteiger partial charge in [-0.2, -0.15) is 0 Å². The SMILES string of the molecule is C1CCOC1.CCCCC(CC)CC.CCCCC(CC)CO.CO. The number of aliphatic hydroxyl groups excluding tert-OH is 2. The van der Waals surface area contributed by atoms with Gasteiger partial charge < -0.3 is 14.9 Å². The highest BCUT2D eigenvalue weighted by atomic mass is 16.5. The topological polar surface area (TPSA) is 49.7 Å². The van der Waals surface area contributed by atoms with Crippen LogP contribution in [0.15, 0.2) is 0 Å². The molecule has 156 valence electrons. The Morgan fingerprint density at radius 2 is 1.12 bits per heavy atom. The minimum Gasteiger partial charge on any atom is -0.400 e. The fraction of sp³-hybridized carbons (Fsp3) is 1.00. The lowest BCUT2D eigenvalue weighted by Gasteiger charge is -2.09. The van der Waals surface area contributed by atoms with Crippen LogP contribution < -0.4 is 0 Å². The zero-order valence-corrected chi connectivity index (χ0v) is 18.4. The first-order chi connectivity index (χ1) is 12.2. The first kappa shape index (κ1) is 29.6. The van der Waals surface area contributed by atoms with E-state index in [4.69, 9.17) is 14.9 Å². The number of hydrogen-bond donors (Lipinski definition) is 2. The molecule has 0 spiro atoms. The molecule has 0 aliphatic carbocycles. The molecule has 0 saturated carbocycles. The van der Waals surface area contributed by atoms with E-state index >= 15 is 0 Å². The van der Waals surface area contributed by atoms with Gasteiger partial charge in [-0.3, -0.25) is 0 Å².